The lowest BCUT2D eigenvalue weighted by molar-refractivity contribution is -0.336. The van der Waals surface area contributed by atoms with Gasteiger partial charge in [0.25, 0.3) is 11.8 Å². The molecule has 2 N–H and O–H groups in total. The number of carbonyl (C=O) groups is 2. The van der Waals surface area contributed by atoms with E-state index < -0.39 is 46.2 Å². The third-order valence-electron chi connectivity index (χ3n) is 8.98. The molecule has 4 bridgehead atoms. The Balaban J connectivity index is 1.19. The number of halogens is 6. The minimum atomic E-state index is -4.80. The van der Waals surface area contributed by atoms with E-state index in [-0.39, 0.29) is 48.3 Å². The number of ether oxygens (including phenoxy) is 2. The Labute approximate surface area is 244 Å². The summed E-state index contributed by atoms with van der Waals surface area (Å²) < 4.78 is 92.1. The van der Waals surface area contributed by atoms with Crippen LogP contribution in [0.15, 0.2) is 30.3 Å². The number of benzene rings is 2. The second-order valence-corrected chi connectivity index (χ2v) is 12.7. The van der Waals surface area contributed by atoms with Gasteiger partial charge in [-0.15, -0.1) is 0 Å². The van der Waals surface area contributed by atoms with Gasteiger partial charge in [0, 0.05) is 5.54 Å². The zero-order valence-electron chi connectivity index (χ0n) is 22.5. The normalized spacial score (nSPS) is 27.6. The number of amides is 2. The zero-order valence-corrected chi connectivity index (χ0v) is 23.3. The van der Waals surface area contributed by atoms with Crippen molar-refractivity contribution in [2.45, 2.75) is 55.7 Å². The van der Waals surface area contributed by atoms with Crippen LogP contribution in [0.2, 0.25) is 0 Å². The van der Waals surface area contributed by atoms with Crippen LogP contribution in [0, 0.1) is 5.41 Å². The Kier molecular flexibility index (Phi) is 6.04. The monoisotopic (exact) mass is 626 g/mol. The van der Waals surface area contributed by atoms with E-state index in [1.807, 2.05) is 0 Å². The highest BCUT2D eigenvalue weighted by Gasteiger charge is 2.79. The number of fused-ring (bicyclic) bond motifs is 3. The van der Waals surface area contributed by atoms with Gasteiger partial charge in [0.2, 0.25) is 0 Å². The quantitative estimate of drug-likeness (QED) is 0.338. The summed E-state index contributed by atoms with van der Waals surface area (Å²) in [6.45, 7) is 1.14. The maximum absolute atomic E-state index is 13.7. The number of hydrogen-bond acceptors (Lipinski definition) is 7. The Morgan fingerprint density at radius 1 is 1.05 bits per heavy atom. The summed E-state index contributed by atoms with van der Waals surface area (Å²) in [4.78, 5) is 33.8. The molecule has 3 saturated carbocycles. The highest BCUT2D eigenvalue weighted by Crippen LogP contribution is 2.73. The van der Waals surface area contributed by atoms with Crippen LogP contribution in [-0.4, -0.2) is 60.9 Å². The molecule has 2 saturated heterocycles. The standard InChI is InChI=1S/C28H24F6N4O4S/c1-41-19-5-4-18-21(43-24(36-18)38-14-7-15(38)9-42-8-14)20(19)23(40)35-17-3-2-13(27(29,30)31)6-16(17)22(39)37-26-10-25(11-26,12-26)28(32,33)34/h2-6,14-15H,7-12H2,1H3,(H,35,40)(H,37,39). The summed E-state index contributed by atoms with van der Waals surface area (Å²) in [6.07, 6.45) is -9.27. The van der Waals surface area contributed by atoms with Gasteiger partial charge in [-0.3, -0.25) is 9.59 Å². The molecule has 2 aliphatic heterocycles. The smallest absolute Gasteiger partial charge is 0.416 e. The Morgan fingerprint density at radius 3 is 2.35 bits per heavy atom. The van der Waals surface area contributed by atoms with Gasteiger partial charge < -0.3 is 25.0 Å². The minimum Gasteiger partial charge on any atom is -0.496 e. The van der Waals surface area contributed by atoms with E-state index in [9.17, 15) is 35.9 Å². The number of morpholine rings is 1. The van der Waals surface area contributed by atoms with Crippen molar-refractivity contribution in [3.8, 4) is 5.75 Å². The molecule has 3 aromatic rings. The number of nitrogens with zero attached hydrogens (tertiary/aromatic N) is 2. The third-order valence-corrected chi connectivity index (χ3v) is 10.1. The van der Waals surface area contributed by atoms with E-state index in [0.717, 1.165) is 18.6 Å². The van der Waals surface area contributed by atoms with Crippen LogP contribution in [0.5, 0.6) is 5.75 Å². The molecular weight excluding hydrogens is 602 g/mol. The Hall–Kier alpha value is -3.59. The molecule has 3 aliphatic carbocycles. The number of nitrogens with one attached hydrogen (secondary N) is 2. The van der Waals surface area contributed by atoms with Gasteiger partial charge >= 0.3 is 12.4 Å². The second-order valence-electron chi connectivity index (χ2n) is 11.7. The number of anilines is 2. The van der Waals surface area contributed by atoms with E-state index in [1.54, 1.807) is 12.1 Å². The van der Waals surface area contributed by atoms with E-state index in [1.165, 1.54) is 18.4 Å². The van der Waals surface area contributed by atoms with E-state index in [0.29, 0.717) is 34.6 Å². The highest BCUT2D eigenvalue weighted by atomic mass is 32.1. The highest BCUT2D eigenvalue weighted by molar-refractivity contribution is 7.22. The van der Waals surface area contributed by atoms with Crippen LogP contribution >= 0.6 is 11.3 Å². The van der Waals surface area contributed by atoms with E-state index in [2.05, 4.69) is 15.5 Å². The first-order valence-corrected chi connectivity index (χ1v) is 14.3. The molecule has 8 rings (SSSR count). The average Bonchev–Trinajstić information content (AvgIpc) is 3.31. The third kappa shape index (κ3) is 4.33. The van der Waals surface area contributed by atoms with Crippen molar-refractivity contribution < 1.29 is 45.4 Å². The lowest BCUT2D eigenvalue weighted by atomic mass is 9.39. The molecule has 2 amide bonds. The van der Waals surface area contributed by atoms with E-state index in [4.69, 9.17) is 14.5 Å². The summed E-state index contributed by atoms with van der Waals surface area (Å²) in [5.41, 5.74) is -4.29. The van der Waals surface area contributed by atoms with Crippen molar-refractivity contribution in [3.05, 3.63) is 47.0 Å². The predicted octanol–water partition coefficient (Wildman–Crippen LogP) is 5.77. The Bertz CT molecular complexity index is 1640. The molecule has 0 radical (unpaired) electrons. The number of aromatic nitrogens is 1. The zero-order chi connectivity index (χ0) is 30.5. The van der Waals surface area contributed by atoms with Crippen LogP contribution in [0.25, 0.3) is 10.2 Å². The fourth-order valence-electron chi connectivity index (χ4n) is 6.84. The number of rotatable bonds is 6. The molecule has 8 nitrogen and oxygen atoms in total. The summed E-state index contributed by atoms with van der Waals surface area (Å²) in [6, 6.07) is 5.88. The predicted molar refractivity (Wildman–Crippen MR) is 144 cm³/mol. The SMILES string of the molecule is COc1ccc2nc(N3C4COCC3C4)sc2c1C(=O)Nc1ccc(C(F)(F)F)cc1C(=O)NC12CC(C(F)(F)F)(C1)C2. The van der Waals surface area contributed by atoms with Gasteiger partial charge in [-0.1, -0.05) is 11.3 Å². The largest absolute Gasteiger partial charge is 0.496 e. The van der Waals surface area contributed by atoms with Crippen molar-refractivity contribution in [3.63, 3.8) is 0 Å². The molecule has 2 atom stereocenters. The first-order chi connectivity index (χ1) is 20.2. The lowest BCUT2D eigenvalue weighted by Crippen LogP contribution is -2.78. The maximum atomic E-state index is 13.7. The molecular formula is C28H24F6N4O4S. The van der Waals surface area contributed by atoms with Crippen molar-refractivity contribution in [1.82, 2.24) is 10.3 Å². The first kappa shape index (κ1) is 28.2. The number of carbonyl (C=O) groups excluding carboxylic acids is 2. The van der Waals surface area contributed by atoms with Crippen LogP contribution in [0.3, 0.4) is 0 Å². The summed E-state index contributed by atoms with van der Waals surface area (Å²) >= 11 is 1.27. The summed E-state index contributed by atoms with van der Waals surface area (Å²) in [5.74, 6) is -1.56. The van der Waals surface area contributed by atoms with Crippen LogP contribution in [0.1, 0.15) is 52.0 Å². The fourth-order valence-corrected chi connectivity index (χ4v) is 8.08. The number of alkyl halides is 6. The van der Waals surface area contributed by atoms with Crippen molar-refractivity contribution >= 4 is 44.2 Å². The molecule has 228 valence electrons. The van der Waals surface area contributed by atoms with Crippen molar-refractivity contribution in [2.75, 3.05) is 30.5 Å². The fraction of sp³-hybridized carbons (Fsp3) is 0.464. The molecule has 2 aromatic carbocycles. The van der Waals surface area contributed by atoms with Crippen LogP contribution < -0.4 is 20.3 Å². The maximum Gasteiger partial charge on any atom is 0.416 e. The number of thiazole rings is 1. The van der Waals surface area contributed by atoms with Crippen molar-refractivity contribution in [2.24, 2.45) is 5.41 Å². The van der Waals surface area contributed by atoms with Gasteiger partial charge in [-0.2, -0.15) is 26.3 Å². The lowest BCUT2D eigenvalue weighted by Gasteiger charge is -2.70. The number of methoxy groups -OCH3 is 1. The van der Waals surface area contributed by atoms with Gasteiger partial charge in [0.05, 0.1) is 64.9 Å². The molecule has 15 heteroatoms. The summed E-state index contributed by atoms with van der Waals surface area (Å²) in [5, 5.41) is 5.74. The summed E-state index contributed by atoms with van der Waals surface area (Å²) in [7, 11) is 1.37. The molecule has 3 heterocycles. The molecule has 0 spiro atoms. The topological polar surface area (TPSA) is 92.8 Å². The molecule has 2 unspecified atom stereocenters. The average molecular weight is 627 g/mol. The van der Waals surface area contributed by atoms with Gasteiger partial charge in [0.1, 0.15) is 11.3 Å². The van der Waals surface area contributed by atoms with Gasteiger partial charge in [-0.25, -0.2) is 4.98 Å². The van der Waals surface area contributed by atoms with Crippen molar-refractivity contribution in [1.29, 1.82) is 0 Å². The second kappa shape index (κ2) is 9.21. The molecule has 1 aromatic heterocycles. The molecule has 5 aliphatic rings. The minimum absolute atomic E-state index is 0.0866. The molecule has 5 fully saturated rings. The van der Waals surface area contributed by atoms with Crippen LogP contribution in [-0.2, 0) is 10.9 Å². The molecule has 43 heavy (non-hydrogen) atoms. The van der Waals surface area contributed by atoms with Gasteiger partial charge in [0.15, 0.2) is 5.13 Å². The number of hydrogen-bond donors (Lipinski definition) is 2. The first-order valence-electron chi connectivity index (χ1n) is 13.5. The van der Waals surface area contributed by atoms with Gasteiger partial charge in [-0.05, 0) is 56.0 Å². The van der Waals surface area contributed by atoms with Crippen LogP contribution in [0.4, 0.5) is 37.2 Å². The van der Waals surface area contributed by atoms with E-state index >= 15 is 0 Å². The Morgan fingerprint density at radius 2 is 1.74 bits per heavy atom.